The first-order chi connectivity index (χ1) is 13.9. The Kier molecular flexibility index (Phi) is 6.34. The third kappa shape index (κ3) is 4.66. The summed E-state index contributed by atoms with van der Waals surface area (Å²) in [4.78, 5) is 13.5. The number of nitrogens with zero attached hydrogens (tertiary/aromatic N) is 2. The Morgan fingerprint density at radius 1 is 1.10 bits per heavy atom. The molecule has 0 aromatic heterocycles. The Morgan fingerprint density at radius 3 is 2.38 bits per heavy atom. The van der Waals surface area contributed by atoms with Gasteiger partial charge >= 0.3 is 5.97 Å². The average Bonchev–Trinajstić information content (AvgIpc) is 2.73. The fourth-order valence-corrected chi connectivity index (χ4v) is 3.54. The van der Waals surface area contributed by atoms with E-state index < -0.39 is 12.1 Å². The summed E-state index contributed by atoms with van der Waals surface area (Å²) in [6, 6.07) is 11.0. The van der Waals surface area contributed by atoms with Gasteiger partial charge in [-0.15, -0.1) is 0 Å². The Labute approximate surface area is 170 Å². The van der Waals surface area contributed by atoms with Gasteiger partial charge in [0.25, 0.3) is 0 Å². The number of hydrazine groups is 1. The molecule has 2 aromatic rings. The zero-order valence-corrected chi connectivity index (χ0v) is 16.6. The molecule has 1 unspecified atom stereocenters. The normalized spacial score (nSPS) is 15.6. The summed E-state index contributed by atoms with van der Waals surface area (Å²) < 4.78 is 13.9. The monoisotopic (exact) mass is 395 g/mol. The molecule has 1 heterocycles. The highest BCUT2D eigenvalue weighted by Gasteiger charge is 2.21. The number of piperazine rings is 1. The van der Waals surface area contributed by atoms with Crippen LogP contribution in [0.15, 0.2) is 49.6 Å². The van der Waals surface area contributed by atoms with Gasteiger partial charge in [-0.25, -0.2) is 14.2 Å². The van der Waals surface area contributed by atoms with Gasteiger partial charge in [-0.3, -0.25) is 0 Å². The summed E-state index contributed by atoms with van der Waals surface area (Å²) in [7, 11) is 0. The highest BCUT2D eigenvalue weighted by Crippen LogP contribution is 2.28. The maximum atomic E-state index is 13.9. The standard InChI is InChI=1S/C23H26FN3O2/c1-4-17-6-7-19(14-18(17)5-2)25-27-12-10-26(11-13-27)20-8-9-21(23(28)29)22(15-20)16(3)24/h4-9,14-16,25H,1-2,10-13H2,3H3,(H,28,29). The number of aromatic carboxylic acids is 1. The van der Waals surface area contributed by atoms with Gasteiger partial charge in [-0.05, 0) is 48.4 Å². The van der Waals surface area contributed by atoms with E-state index in [1.165, 1.54) is 13.0 Å². The van der Waals surface area contributed by atoms with Gasteiger partial charge in [-0.2, -0.15) is 0 Å². The lowest BCUT2D eigenvalue weighted by Gasteiger charge is -2.37. The quantitative estimate of drug-likeness (QED) is 0.702. The van der Waals surface area contributed by atoms with E-state index in [2.05, 4.69) is 28.5 Å². The lowest BCUT2D eigenvalue weighted by Crippen LogP contribution is -2.48. The van der Waals surface area contributed by atoms with Gasteiger partial charge in [0.1, 0.15) is 6.17 Å². The van der Waals surface area contributed by atoms with Gasteiger partial charge in [0, 0.05) is 43.1 Å². The number of nitrogens with one attached hydrogen (secondary N) is 1. The SMILES string of the molecule is C=Cc1ccc(NN2CCN(c3ccc(C(=O)O)c(C(C)F)c3)CC2)cc1C=C. The topological polar surface area (TPSA) is 55.8 Å². The van der Waals surface area contributed by atoms with Crippen molar-refractivity contribution in [3.63, 3.8) is 0 Å². The third-order valence-corrected chi connectivity index (χ3v) is 5.15. The maximum absolute atomic E-state index is 13.9. The van der Waals surface area contributed by atoms with E-state index in [4.69, 9.17) is 0 Å². The highest BCUT2D eigenvalue weighted by molar-refractivity contribution is 5.90. The highest BCUT2D eigenvalue weighted by atomic mass is 19.1. The van der Waals surface area contributed by atoms with Crippen molar-refractivity contribution in [3.8, 4) is 0 Å². The molecule has 0 bridgehead atoms. The third-order valence-electron chi connectivity index (χ3n) is 5.15. The van der Waals surface area contributed by atoms with E-state index in [0.717, 1.165) is 48.7 Å². The first-order valence-electron chi connectivity index (χ1n) is 9.59. The van der Waals surface area contributed by atoms with Gasteiger partial charge in [-0.1, -0.05) is 31.4 Å². The summed E-state index contributed by atoms with van der Waals surface area (Å²) >= 11 is 0. The molecule has 0 aliphatic carbocycles. The van der Waals surface area contributed by atoms with Crippen LogP contribution in [0.5, 0.6) is 0 Å². The minimum atomic E-state index is -1.33. The number of alkyl halides is 1. The molecular weight excluding hydrogens is 369 g/mol. The van der Waals surface area contributed by atoms with Crippen LogP contribution in [0, 0.1) is 0 Å². The van der Waals surface area contributed by atoms with Crippen LogP contribution in [-0.2, 0) is 0 Å². The van der Waals surface area contributed by atoms with Crippen molar-refractivity contribution in [1.29, 1.82) is 0 Å². The molecule has 0 spiro atoms. The number of carboxylic acid groups (broad SMARTS) is 1. The number of carbonyl (C=O) groups is 1. The number of anilines is 2. The lowest BCUT2D eigenvalue weighted by molar-refractivity contribution is 0.0693. The molecule has 29 heavy (non-hydrogen) atoms. The Morgan fingerprint density at radius 2 is 1.79 bits per heavy atom. The molecule has 3 rings (SSSR count). The molecule has 1 aliphatic heterocycles. The van der Waals surface area contributed by atoms with E-state index in [9.17, 15) is 14.3 Å². The van der Waals surface area contributed by atoms with E-state index in [1.807, 2.05) is 30.4 Å². The van der Waals surface area contributed by atoms with Gasteiger partial charge in [0.2, 0.25) is 0 Å². The predicted molar refractivity (Wildman–Crippen MR) is 117 cm³/mol. The number of hydrogen-bond acceptors (Lipinski definition) is 4. The fourth-order valence-electron chi connectivity index (χ4n) is 3.54. The molecule has 6 heteroatoms. The minimum Gasteiger partial charge on any atom is -0.478 e. The Bertz CT molecular complexity index is 918. The number of hydrogen-bond donors (Lipinski definition) is 2. The fraction of sp³-hybridized carbons (Fsp3) is 0.261. The second-order valence-electron chi connectivity index (χ2n) is 7.03. The van der Waals surface area contributed by atoms with Crippen molar-refractivity contribution in [2.75, 3.05) is 36.5 Å². The zero-order chi connectivity index (χ0) is 21.0. The van der Waals surface area contributed by atoms with Crippen LogP contribution in [0.25, 0.3) is 12.2 Å². The average molecular weight is 395 g/mol. The second kappa shape index (κ2) is 8.92. The number of rotatable bonds is 7. The molecule has 5 nitrogen and oxygen atoms in total. The second-order valence-corrected chi connectivity index (χ2v) is 7.03. The first kappa shape index (κ1) is 20.6. The van der Waals surface area contributed by atoms with Crippen molar-refractivity contribution >= 4 is 29.5 Å². The summed E-state index contributed by atoms with van der Waals surface area (Å²) in [6.07, 6.45) is 2.29. The van der Waals surface area contributed by atoms with Gasteiger partial charge < -0.3 is 15.4 Å². The molecule has 0 saturated carbocycles. The molecule has 2 aromatic carbocycles. The van der Waals surface area contributed by atoms with Gasteiger partial charge in [0.15, 0.2) is 0 Å². The van der Waals surface area contributed by atoms with Crippen molar-refractivity contribution < 1.29 is 14.3 Å². The molecule has 2 N–H and O–H groups in total. The summed E-state index contributed by atoms with van der Waals surface area (Å²) in [5.74, 6) is -1.11. The first-order valence-corrected chi connectivity index (χ1v) is 9.59. The number of benzene rings is 2. The Balaban J connectivity index is 1.66. The molecule has 1 saturated heterocycles. The van der Waals surface area contributed by atoms with Crippen LogP contribution in [0.2, 0.25) is 0 Å². The van der Waals surface area contributed by atoms with Crippen molar-refractivity contribution in [2.45, 2.75) is 13.1 Å². The summed E-state index contributed by atoms with van der Waals surface area (Å²) in [5.41, 5.74) is 7.55. The van der Waals surface area contributed by atoms with Crippen LogP contribution in [0.4, 0.5) is 15.8 Å². The molecule has 0 radical (unpaired) electrons. The number of halogens is 1. The van der Waals surface area contributed by atoms with Crippen molar-refractivity contribution in [3.05, 3.63) is 71.8 Å². The minimum absolute atomic E-state index is 0.0186. The van der Waals surface area contributed by atoms with E-state index >= 15 is 0 Å². The van der Waals surface area contributed by atoms with Crippen LogP contribution < -0.4 is 10.3 Å². The van der Waals surface area contributed by atoms with E-state index in [1.54, 1.807) is 12.1 Å². The van der Waals surface area contributed by atoms with Crippen molar-refractivity contribution in [2.24, 2.45) is 0 Å². The van der Waals surface area contributed by atoms with Crippen LogP contribution in [0.1, 0.15) is 40.1 Å². The smallest absolute Gasteiger partial charge is 0.336 e. The molecule has 1 fully saturated rings. The summed E-state index contributed by atoms with van der Waals surface area (Å²) in [6.45, 7) is 12.1. The molecule has 152 valence electrons. The zero-order valence-electron chi connectivity index (χ0n) is 16.6. The molecular formula is C23H26FN3O2. The van der Waals surface area contributed by atoms with Crippen LogP contribution >= 0.6 is 0 Å². The molecule has 1 aliphatic rings. The Hall–Kier alpha value is -3.12. The maximum Gasteiger partial charge on any atom is 0.336 e. The van der Waals surface area contributed by atoms with E-state index in [-0.39, 0.29) is 11.1 Å². The molecule has 0 amide bonds. The largest absolute Gasteiger partial charge is 0.478 e. The predicted octanol–water partition coefficient (Wildman–Crippen LogP) is 4.85. The molecule has 1 atom stereocenters. The van der Waals surface area contributed by atoms with Crippen LogP contribution in [-0.4, -0.2) is 42.3 Å². The van der Waals surface area contributed by atoms with Crippen LogP contribution in [0.3, 0.4) is 0 Å². The van der Waals surface area contributed by atoms with Gasteiger partial charge in [0.05, 0.1) is 5.56 Å². The summed E-state index contributed by atoms with van der Waals surface area (Å²) in [5, 5.41) is 11.4. The number of carboxylic acids is 1. The lowest BCUT2D eigenvalue weighted by atomic mass is 10.0. The van der Waals surface area contributed by atoms with Crippen molar-refractivity contribution in [1.82, 2.24) is 5.01 Å². The van der Waals surface area contributed by atoms with E-state index in [0.29, 0.717) is 0 Å².